The van der Waals surface area contributed by atoms with Crippen molar-refractivity contribution < 1.29 is 9.53 Å². The van der Waals surface area contributed by atoms with E-state index in [4.69, 9.17) is 4.43 Å². The Morgan fingerprint density at radius 3 is 1.86 bits per heavy atom. The first kappa shape index (κ1) is 33.9. The molecule has 0 aromatic heterocycles. The Hall–Kier alpha value is -0.104. The Kier molecular flexibility index (Phi) is 15.8. The summed E-state index contributed by atoms with van der Waals surface area (Å²) in [4.78, 5) is 0. The predicted octanol–water partition coefficient (Wildman–Crippen LogP) is 9.95. The fraction of sp³-hybridized carbons (Fsp3) is 0.750. The molecule has 0 unspecified atom stereocenters. The standard InChI is InChI=1S/C20H33O2Si.3C4H9.Sn/c1-17(11-10-16-21)19(22-23(5,6)20(2,3)4)15-14-18-12-8-7-9-13-18;3*1-3-4-2;/h7-9,11-13,17,19,21H,14-16H2,1-6H3;3*1,3-4H2,2H3;/t17-,19+;;;;/m1..../s1. The number of rotatable bonds is 18. The second-order valence-corrected chi connectivity index (χ2v) is 30.9. The zero-order valence-electron chi connectivity index (χ0n) is 25.5. The van der Waals surface area contributed by atoms with Crippen molar-refractivity contribution in [2.75, 3.05) is 6.61 Å². The Morgan fingerprint density at radius 1 is 0.944 bits per heavy atom. The fourth-order valence-corrected chi connectivity index (χ4v) is 23.0. The molecule has 0 aliphatic carbocycles. The number of aryl methyl sites for hydroxylation is 1. The summed E-state index contributed by atoms with van der Waals surface area (Å²) in [5.74, 6) is 0.325. The van der Waals surface area contributed by atoms with Gasteiger partial charge in [-0.2, -0.15) is 0 Å². The van der Waals surface area contributed by atoms with Gasteiger partial charge in [0.15, 0.2) is 0 Å². The van der Waals surface area contributed by atoms with Crippen LogP contribution in [-0.4, -0.2) is 44.5 Å². The molecule has 0 aliphatic heterocycles. The van der Waals surface area contributed by atoms with Crippen LogP contribution in [0.2, 0.25) is 31.4 Å². The molecule has 0 amide bonds. The van der Waals surface area contributed by atoms with Gasteiger partial charge in [0, 0.05) is 0 Å². The van der Waals surface area contributed by atoms with E-state index in [1.807, 2.05) is 0 Å². The average molecular weight is 624 g/mol. The van der Waals surface area contributed by atoms with E-state index >= 15 is 0 Å². The molecule has 0 spiro atoms. The molecule has 0 bridgehead atoms. The van der Waals surface area contributed by atoms with Crippen LogP contribution >= 0.6 is 0 Å². The number of aliphatic hydroxyl groups excluding tert-OH is 1. The predicted molar refractivity (Wildman–Crippen MR) is 166 cm³/mol. The van der Waals surface area contributed by atoms with Crippen molar-refractivity contribution in [1.29, 1.82) is 0 Å². The summed E-state index contributed by atoms with van der Waals surface area (Å²) >= 11 is -2.66. The zero-order valence-corrected chi connectivity index (χ0v) is 29.3. The quantitative estimate of drug-likeness (QED) is 0.165. The Morgan fingerprint density at radius 2 is 1.44 bits per heavy atom. The summed E-state index contributed by atoms with van der Waals surface area (Å²) in [6, 6.07) is 10.9. The van der Waals surface area contributed by atoms with Crippen LogP contribution in [0.3, 0.4) is 0 Å². The maximum atomic E-state index is 10.8. The molecule has 2 nitrogen and oxygen atoms in total. The molecule has 0 aliphatic rings. The third kappa shape index (κ3) is 10.9. The minimum absolute atomic E-state index is 0.188. The van der Waals surface area contributed by atoms with E-state index in [1.165, 1.54) is 61.0 Å². The van der Waals surface area contributed by atoms with E-state index in [9.17, 15) is 5.11 Å². The van der Waals surface area contributed by atoms with Crippen molar-refractivity contribution in [2.45, 2.75) is 137 Å². The van der Waals surface area contributed by atoms with Crippen LogP contribution in [0.15, 0.2) is 40.0 Å². The van der Waals surface area contributed by atoms with E-state index in [-0.39, 0.29) is 17.7 Å². The van der Waals surface area contributed by atoms with Crippen LogP contribution in [0.4, 0.5) is 0 Å². The van der Waals surface area contributed by atoms with Crippen LogP contribution in [0.1, 0.15) is 99.0 Å². The van der Waals surface area contributed by atoms with Crippen LogP contribution in [-0.2, 0) is 10.8 Å². The topological polar surface area (TPSA) is 29.5 Å². The Labute approximate surface area is 230 Å². The molecule has 1 aromatic rings. The molecular formula is C32H60O2SiSn. The molecule has 0 saturated heterocycles. The van der Waals surface area contributed by atoms with E-state index in [2.05, 4.69) is 98.0 Å². The summed E-state index contributed by atoms with van der Waals surface area (Å²) in [5.41, 5.74) is 1.39. The summed E-state index contributed by atoms with van der Waals surface area (Å²) in [7, 11) is -1.91. The first-order valence-corrected chi connectivity index (χ1v) is 25.4. The zero-order chi connectivity index (χ0) is 27.2. The van der Waals surface area contributed by atoms with Gasteiger partial charge in [0.1, 0.15) is 0 Å². The third-order valence-electron chi connectivity index (χ3n) is 8.74. The van der Waals surface area contributed by atoms with Gasteiger partial charge in [-0.05, 0) is 0 Å². The van der Waals surface area contributed by atoms with Gasteiger partial charge in [0.25, 0.3) is 0 Å². The first-order valence-electron chi connectivity index (χ1n) is 15.0. The number of hydrogen-bond donors (Lipinski definition) is 1. The third-order valence-corrected chi connectivity index (χ3v) is 29.3. The van der Waals surface area contributed by atoms with Gasteiger partial charge < -0.3 is 0 Å². The van der Waals surface area contributed by atoms with Gasteiger partial charge in [0.05, 0.1) is 0 Å². The second-order valence-electron chi connectivity index (χ2n) is 12.7. The van der Waals surface area contributed by atoms with Gasteiger partial charge in [-0.15, -0.1) is 0 Å². The van der Waals surface area contributed by atoms with Crippen molar-refractivity contribution in [3.8, 4) is 0 Å². The van der Waals surface area contributed by atoms with E-state index in [1.54, 1.807) is 0 Å². The van der Waals surface area contributed by atoms with Crippen LogP contribution in [0, 0.1) is 5.92 Å². The number of benzene rings is 1. The molecule has 4 heteroatoms. The molecule has 36 heavy (non-hydrogen) atoms. The first-order chi connectivity index (χ1) is 17.0. The van der Waals surface area contributed by atoms with Gasteiger partial charge in [-0.1, -0.05) is 0 Å². The summed E-state index contributed by atoms with van der Waals surface area (Å²) in [6.45, 7) is 21.4. The molecule has 1 N–H and O–H groups in total. The molecule has 1 aromatic carbocycles. The van der Waals surface area contributed by atoms with Crippen molar-refractivity contribution in [3.05, 3.63) is 45.6 Å². The monoisotopic (exact) mass is 624 g/mol. The van der Waals surface area contributed by atoms with E-state index in [0.717, 1.165) is 12.8 Å². The fourth-order valence-electron chi connectivity index (χ4n) is 5.16. The van der Waals surface area contributed by atoms with Gasteiger partial charge in [-0.25, -0.2) is 0 Å². The molecule has 208 valence electrons. The maximum absolute atomic E-state index is 10.8. The van der Waals surface area contributed by atoms with Gasteiger partial charge in [-0.3, -0.25) is 0 Å². The summed E-state index contributed by atoms with van der Waals surface area (Å²) in [5, 5.41) is 11.0. The van der Waals surface area contributed by atoms with E-state index in [0.29, 0.717) is 5.92 Å². The molecule has 1 rings (SSSR count). The van der Waals surface area contributed by atoms with Crippen LogP contribution in [0.25, 0.3) is 0 Å². The van der Waals surface area contributed by atoms with Crippen molar-refractivity contribution >= 4 is 26.7 Å². The molecule has 0 radical (unpaired) electrons. The SMILES string of the molecule is CCC[CH2][Sn]([CH2]CCC)([CH2]CCC)/[C](=C/[C@@H](C)[C@H](CCc1ccccc1)O[Si](C)(C)C(C)(C)C)CO. The molecule has 2 atom stereocenters. The van der Waals surface area contributed by atoms with Crippen molar-refractivity contribution in [3.63, 3.8) is 0 Å². The van der Waals surface area contributed by atoms with Crippen LogP contribution in [0.5, 0.6) is 0 Å². The van der Waals surface area contributed by atoms with E-state index < -0.39 is 26.7 Å². The Balaban J connectivity index is 3.37. The average Bonchev–Trinajstić information content (AvgIpc) is 2.84. The van der Waals surface area contributed by atoms with Gasteiger partial charge >= 0.3 is 232 Å². The number of unbranched alkanes of at least 4 members (excludes halogenated alkanes) is 3. The number of aliphatic hydroxyl groups is 1. The minimum atomic E-state index is -2.66. The van der Waals surface area contributed by atoms with Crippen LogP contribution < -0.4 is 0 Å². The second kappa shape index (κ2) is 16.8. The number of hydrogen-bond acceptors (Lipinski definition) is 2. The summed E-state index contributed by atoms with van der Waals surface area (Å²) < 4.78 is 12.8. The van der Waals surface area contributed by atoms with Crippen molar-refractivity contribution in [2.24, 2.45) is 5.92 Å². The summed E-state index contributed by atoms with van der Waals surface area (Å²) in [6.07, 6.45) is 12.6. The molecular weight excluding hydrogens is 563 g/mol. The van der Waals surface area contributed by atoms with Gasteiger partial charge in [0.2, 0.25) is 0 Å². The molecule has 0 saturated carbocycles. The van der Waals surface area contributed by atoms with Crippen molar-refractivity contribution in [1.82, 2.24) is 0 Å². The molecule has 0 heterocycles. The molecule has 0 fully saturated rings. The normalized spacial score (nSPS) is 15.2. The Bertz CT molecular complexity index is 716.